The summed E-state index contributed by atoms with van der Waals surface area (Å²) < 4.78 is 48.2. The fourth-order valence-corrected chi connectivity index (χ4v) is 2.56. The number of amides is 1. The zero-order valence-electron chi connectivity index (χ0n) is 14.0. The van der Waals surface area contributed by atoms with Gasteiger partial charge in [-0.3, -0.25) is 9.59 Å². The minimum absolute atomic E-state index is 0.0212. The van der Waals surface area contributed by atoms with Crippen LogP contribution < -0.4 is 14.8 Å². The summed E-state index contributed by atoms with van der Waals surface area (Å²) in [4.78, 5) is 25.5. The monoisotopic (exact) mass is 358 g/mol. The minimum atomic E-state index is -5.06. The van der Waals surface area contributed by atoms with Crippen LogP contribution >= 0.6 is 0 Å². The van der Waals surface area contributed by atoms with Crippen molar-refractivity contribution in [3.8, 4) is 11.5 Å². The maximum absolute atomic E-state index is 12.7. The highest BCUT2D eigenvalue weighted by atomic mass is 19.4. The second kappa shape index (κ2) is 6.66. The van der Waals surface area contributed by atoms with E-state index in [1.54, 1.807) is 14.1 Å². The summed E-state index contributed by atoms with van der Waals surface area (Å²) in [6.07, 6.45) is -3.69. The third-order valence-corrected chi connectivity index (χ3v) is 3.61. The van der Waals surface area contributed by atoms with Crippen LogP contribution in [0.25, 0.3) is 0 Å². The van der Waals surface area contributed by atoms with Crippen molar-refractivity contribution in [1.29, 1.82) is 0 Å². The second-order valence-corrected chi connectivity index (χ2v) is 5.58. The van der Waals surface area contributed by atoms with Crippen LogP contribution in [0.3, 0.4) is 0 Å². The standard InChI is InChI=1S/C16H17F3N2O4/c1-21(2)7-10-13(20-15(23)16(17,18)19)8-5-11(24-3)12(25-4)6-9(8)14(10)22/h5-7,13H,1-4H3,(H,20,23)/b10-7+. The molecule has 1 unspecified atom stereocenters. The number of halogens is 3. The number of nitrogens with zero attached hydrogens (tertiary/aromatic N) is 1. The lowest BCUT2D eigenvalue weighted by atomic mass is 10.1. The summed E-state index contributed by atoms with van der Waals surface area (Å²) in [5.41, 5.74) is 0.388. The molecule has 0 aromatic heterocycles. The number of Topliss-reactive ketones (excluding diaryl/α,β-unsaturated/α-hetero) is 1. The lowest BCUT2D eigenvalue weighted by Gasteiger charge is -2.18. The van der Waals surface area contributed by atoms with Crippen molar-refractivity contribution in [2.75, 3.05) is 28.3 Å². The van der Waals surface area contributed by atoms with Crippen LogP contribution in [0.15, 0.2) is 23.9 Å². The molecule has 0 saturated carbocycles. The topological polar surface area (TPSA) is 67.9 Å². The number of rotatable bonds is 4. The van der Waals surface area contributed by atoms with E-state index in [0.717, 1.165) is 0 Å². The number of benzene rings is 1. The number of nitrogens with one attached hydrogen (secondary N) is 1. The molecule has 1 aromatic rings. The first-order chi connectivity index (χ1) is 11.6. The maximum Gasteiger partial charge on any atom is 0.471 e. The lowest BCUT2D eigenvalue weighted by molar-refractivity contribution is -0.174. The predicted octanol–water partition coefficient (Wildman–Crippen LogP) is 2.07. The number of methoxy groups -OCH3 is 2. The molecule has 1 aliphatic rings. The number of carbonyl (C=O) groups excluding carboxylic acids is 2. The Bertz CT molecular complexity index is 742. The number of hydrogen-bond donors (Lipinski definition) is 1. The highest BCUT2D eigenvalue weighted by Gasteiger charge is 2.44. The molecule has 6 nitrogen and oxygen atoms in total. The molecule has 1 atom stereocenters. The molecule has 1 aromatic carbocycles. The highest BCUT2D eigenvalue weighted by molar-refractivity contribution is 6.15. The Kier molecular flexibility index (Phi) is 4.96. The van der Waals surface area contributed by atoms with Gasteiger partial charge in [0, 0.05) is 31.4 Å². The molecule has 0 heterocycles. The Labute approximate surface area is 142 Å². The van der Waals surface area contributed by atoms with Crippen LogP contribution in [0, 0.1) is 0 Å². The van der Waals surface area contributed by atoms with Crippen LogP contribution in [0.5, 0.6) is 11.5 Å². The molecule has 1 amide bonds. The molecule has 0 saturated heterocycles. The van der Waals surface area contributed by atoms with Crippen LogP contribution in [0.4, 0.5) is 13.2 Å². The molecule has 25 heavy (non-hydrogen) atoms. The zero-order valence-corrected chi connectivity index (χ0v) is 14.0. The first-order valence-corrected chi connectivity index (χ1v) is 7.16. The number of fused-ring (bicyclic) bond motifs is 1. The van der Waals surface area contributed by atoms with Gasteiger partial charge >= 0.3 is 12.1 Å². The first kappa shape index (κ1) is 18.6. The van der Waals surface area contributed by atoms with E-state index in [9.17, 15) is 22.8 Å². The number of ether oxygens (including phenoxy) is 2. The average Bonchev–Trinajstić information content (AvgIpc) is 2.77. The molecule has 0 fully saturated rings. The van der Waals surface area contributed by atoms with E-state index in [1.807, 2.05) is 5.32 Å². The fraction of sp³-hybridized carbons (Fsp3) is 0.375. The Morgan fingerprint density at radius 2 is 1.76 bits per heavy atom. The van der Waals surface area contributed by atoms with E-state index in [1.165, 1.54) is 37.5 Å². The third kappa shape index (κ3) is 3.54. The fourth-order valence-electron chi connectivity index (χ4n) is 2.56. The lowest BCUT2D eigenvalue weighted by Crippen LogP contribution is -2.39. The molecule has 2 rings (SSSR count). The summed E-state index contributed by atoms with van der Waals surface area (Å²) >= 11 is 0. The Balaban J connectivity index is 2.59. The maximum atomic E-state index is 12.7. The van der Waals surface area contributed by atoms with Crippen molar-refractivity contribution in [2.24, 2.45) is 0 Å². The molecule has 1 aliphatic carbocycles. The number of carbonyl (C=O) groups is 2. The average molecular weight is 358 g/mol. The summed E-state index contributed by atoms with van der Waals surface area (Å²) in [5.74, 6) is -2.11. The zero-order chi connectivity index (χ0) is 18.9. The summed E-state index contributed by atoms with van der Waals surface area (Å²) in [6.45, 7) is 0. The quantitative estimate of drug-likeness (QED) is 0.835. The van der Waals surface area contributed by atoms with Gasteiger partial charge in [0.2, 0.25) is 0 Å². The van der Waals surface area contributed by atoms with Gasteiger partial charge < -0.3 is 19.7 Å². The van der Waals surface area contributed by atoms with Crippen molar-refractivity contribution >= 4 is 11.7 Å². The molecule has 0 bridgehead atoms. The highest BCUT2D eigenvalue weighted by Crippen LogP contribution is 2.42. The van der Waals surface area contributed by atoms with Crippen LogP contribution in [-0.4, -0.2) is 51.1 Å². The molecule has 136 valence electrons. The predicted molar refractivity (Wildman–Crippen MR) is 82.6 cm³/mol. The van der Waals surface area contributed by atoms with Gasteiger partial charge in [0.25, 0.3) is 0 Å². The van der Waals surface area contributed by atoms with Crippen molar-refractivity contribution in [2.45, 2.75) is 12.2 Å². The van der Waals surface area contributed by atoms with Gasteiger partial charge in [0.1, 0.15) is 0 Å². The van der Waals surface area contributed by atoms with Gasteiger partial charge in [0.05, 0.1) is 20.3 Å². The smallest absolute Gasteiger partial charge is 0.471 e. The van der Waals surface area contributed by atoms with Crippen LogP contribution in [0.2, 0.25) is 0 Å². The van der Waals surface area contributed by atoms with Crippen molar-refractivity contribution in [3.05, 3.63) is 35.0 Å². The summed E-state index contributed by atoms with van der Waals surface area (Å²) in [7, 11) is 5.98. The molecule has 0 aliphatic heterocycles. The molecular weight excluding hydrogens is 341 g/mol. The first-order valence-electron chi connectivity index (χ1n) is 7.16. The Morgan fingerprint density at radius 1 is 1.20 bits per heavy atom. The van der Waals surface area contributed by atoms with E-state index in [-0.39, 0.29) is 28.2 Å². The van der Waals surface area contributed by atoms with E-state index >= 15 is 0 Å². The van der Waals surface area contributed by atoms with Gasteiger partial charge in [-0.15, -0.1) is 0 Å². The minimum Gasteiger partial charge on any atom is -0.493 e. The van der Waals surface area contributed by atoms with Gasteiger partial charge in [-0.1, -0.05) is 0 Å². The number of alkyl halides is 3. The van der Waals surface area contributed by atoms with Crippen LogP contribution in [-0.2, 0) is 4.79 Å². The number of hydrogen-bond acceptors (Lipinski definition) is 5. The van der Waals surface area contributed by atoms with Gasteiger partial charge in [-0.05, 0) is 17.7 Å². The SMILES string of the molecule is COc1cc2c(cc1OC)C(NC(=O)C(F)(F)F)/C(=C\N(C)C)C2=O. The van der Waals surface area contributed by atoms with Gasteiger partial charge in [-0.25, -0.2) is 0 Å². The summed E-state index contributed by atoms with van der Waals surface area (Å²) in [6, 6.07) is 1.54. The normalized spacial score (nSPS) is 18.1. The Morgan fingerprint density at radius 3 is 2.24 bits per heavy atom. The van der Waals surface area contributed by atoms with Crippen molar-refractivity contribution < 1.29 is 32.2 Å². The molecule has 1 N–H and O–H groups in total. The molecule has 0 radical (unpaired) electrons. The van der Waals surface area contributed by atoms with Gasteiger partial charge in [0.15, 0.2) is 17.3 Å². The van der Waals surface area contributed by atoms with E-state index in [2.05, 4.69) is 0 Å². The Hall–Kier alpha value is -2.71. The number of ketones is 1. The molecular formula is C16H17F3N2O4. The summed E-state index contributed by atoms with van der Waals surface area (Å²) in [5, 5.41) is 1.87. The van der Waals surface area contributed by atoms with E-state index in [4.69, 9.17) is 9.47 Å². The van der Waals surface area contributed by atoms with Crippen molar-refractivity contribution in [1.82, 2.24) is 10.2 Å². The largest absolute Gasteiger partial charge is 0.493 e. The van der Waals surface area contributed by atoms with Crippen molar-refractivity contribution in [3.63, 3.8) is 0 Å². The third-order valence-electron chi connectivity index (χ3n) is 3.61. The van der Waals surface area contributed by atoms with E-state index < -0.39 is 23.9 Å². The second-order valence-electron chi connectivity index (χ2n) is 5.58. The van der Waals surface area contributed by atoms with E-state index in [0.29, 0.717) is 0 Å². The van der Waals surface area contributed by atoms with Crippen LogP contribution in [0.1, 0.15) is 22.0 Å². The molecule has 0 spiro atoms. The molecule has 9 heteroatoms. The van der Waals surface area contributed by atoms with Gasteiger partial charge in [-0.2, -0.15) is 13.2 Å².